The molecule has 0 aromatic rings. The summed E-state index contributed by atoms with van der Waals surface area (Å²) in [5.41, 5.74) is 1.25. The molecule has 2 fully saturated rings. The smallest absolute Gasteiger partial charge is 0.254 e. The molecule has 0 aromatic carbocycles. The average Bonchev–Trinajstić information content (AvgIpc) is 3.04. The van der Waals surface area contributed by atoms with E-state index < -0.39 is 11.5 Å². The van der Waals surface area contributed by atoms with Gasteiger partial charge in [0, 0.05) is 6.08 Å². The highest BCUT2D eigenvalue weighted by Crippen LogP contribution is 2.67. The highest BCUT2D eigenvalue weighted by Gasteiger charge is 2.62. The standard InChI is InChI=1S/C27H43NO3/c1-17(2)7-6-8-18(3)22-11-12-23-21-10-9-19-15-20(29)16-25(28(30)31)27(19,5)24(21)13-14-26(22,23)4/h9,16-18,20-24,29H,6-8,10-15H2,1-5H3/t18-,20+,21+,22-,23+,24+,26-,27+/m1/s1. The van der Waals surface area contributed by atoms with Gasteiger partial charge in [-0.2, -0.15) is 0 Å². The van der Waals surface area contributed by atoms with Crippen LogP contribution < -0.4 is 0 Å². The zero-order valence-electron chi connectivity index (χ0n) is 20.3. The van der Waals surface area contributed by atoms with Crippen molar-refractivity contribution in [2.45, 2.75) is 98.5 Å². The van der Waals surface area contributed by atoms with Crippen LogP contribution in [0, 0.1) is 56.5 Å². The first-order chi connectivity index (χ1) is 14.6. The fourth-order valence-electron chi connectivity index (χ4n) is 8.63. The Morgan fingerprint density at radius 1 is 1.16 bits per heavy atom. The molecule has 0 aliphatic heterocycles. The molecule has 1 N–H and O–H groups in total. The second-order valence-electron chi connectivity index (χ2n) is 12.2. The Morgan fingerprint density at radius 3 is 2.58 bits per heavy atom. The minimum absolute atomic E-state index is 0.208. The van der Waals surface area contributed by atoms with Crippen LogP contribution in [0.25, 0.3) is 0 Å². The summed E-state index contributed by atoms with van der Waals surface area (Å²) in [7, 11) is 0. The van der Waals surface area contributed by atoms with Gasteiger partial charge in [0.15, 0.2) is 0 Å². The van der Waals surface area contributed by atoms with Crippen LogP contribution in [0.5, 0.6) is 0 Å². The normalized spacial score (nSPS) is 42.9. The highest BCUT2D eigenvalue weighted by molar-refractivity contribution is 5.35. The summed E-state index contributed by atoms with van der Waals surface area (Å²) in [6, 6.07) is 0. The van der Waals surface area contributed by atoms with E-state index in [0.29, 0.717) is 29.6 Å². The third-order valence-electron chi connectivity index (χ3n) is 10.2. The number of fused-ring (bicyclic) bond motifs is 5. The molecule has 0 aromatic heterocycles. The molecule has 0 radical (unpaired) electrons. The zero-order chi connectivity index (χ0) is 22.6. The molecule has 2 saturated carbocycles. The molecular formula is C27H43NO3. The summed E-state index contributed by atoms with van der Waals surface area (Å²) < 4.78 is 0. The van der Waals surface area contributed by atoms with Crippen molar-refractivity contribution in [3.8, 4) is 0 Å². The van der Waals surface area contributed by atoms with Crippen LogP contribution in [-0.2, 0) is 0 Å². The van der Waals surface area contributed by atoms with Crippen molar-refractivity contribution < 1.29 is 10.0 Å². The number of hydrogen-bond donors (Lipinski definition) is 1. The van der Waals surface area contributed by atoms with Crippen molar-refractivity contribution in [2.75, 3.05) is 0 Å². The Morgan fingerprint density at radius 2 is 1.90 bits per heavy atom. The van der Waals surface area contributed by atoms with Gasteiger partial charge in [0.1, 0.15) is 0 Å². The van der Waals surface area contributed by atoms with E-state index >= 15 is 0 Å². The van der Waals surface area contributed by atoms with Gasteiger partial charge in [-0.25, -0.2) is 0 Å². The highest BCUT2D eigenvalue weighted by atomic mass is 16.6. The molecule has 0 spiro atoms. The van der Waals surface area contributed by atoms with Crippen LogP contribution in [0.4, 0.5) is 0 Å². The summed E-state index contributed by atoms with van der Waals surface area (Å²) in [5.74, 6) is 3.91. The Kier molecular flexibility index (Phi) is 6.17. The van der Waals surface area contributed by atoms with Crippen LogP contribution >= 0.6 is 0 Å². The van der Waals surface area contributed by atoms with Crippen molar-refractivity contribution in [2.24, 2.45) is 46.3 Å². The topological polar surface area (TPSA) is 63.4 Å². The number of rotatable bonds is 6. The van der Waals surface area contributed by atoms with Gasteiger partial charge < -0.3 is 5.11 Å². The van der Waals surface area contributed by atoms with Crippen molar-refractivity contribution in [1.29, 1.82) is 0 Å². The predicted molar refractivity (Wildman–Crippen MR) is 125 cm³/mol. The minimum Gasteiger partial charge on any atom is -0.388 e. The van der Waals surface area contributed by atoms with E-state index in [-0.39, 0.29) is 10.6 Å². The van der Waals surface area contributed by atoms with Gasteiger partial charge in [0.25, 0.3) is 5.70 Å². The third-order valence-corrected chi connectivity index (χ3v) is 10.2. The maximum absolute atomic E-state index is 12.0. The number of aliphatic hydroxyl groups is 1. The van der Waals surface area contributed by atoms with Gasteiger partial charge in [-0.05, 0) is 86.4 Å². The van der Waals surface area contributed by atoms with Crippen LogP contribution in [0.2, 0.25) is 0 Å². The van der Waals surface area contributed by atoms with Gasteiger partial charge in [-0.1, -0.05) is 58.6 Å². The van der Waals surface area contributed by atoms with E-state index in [0.717, 1.165) is 36.2 Å². The second-order valence-corrected chi connectivity index (χ2v) is 12.2. The number of hydrogen-bond acceptors (Lipinski definition) is 3. The lowest BCUT2D eigenvalue weighted by atomic mass is 9.47. The Bertz CT molecular complexity index is 770. The maximum atomic E-state index is 12.0. The maximum Gasteiger partial charge on any atom is 0.254 e. The van der Waals surface area contributed by atoms with Crippen molar-refractivity contribution >= 4 is 0 Å². The van der Waals surface area contributed by atoms with Gasteiger partial charge >= 0.3 is 0 Å². The number of nitrogens with zero attached hydrogens (tertiary/aromatic N) is 1. The monoisotopic (exact) mass is 429 g/mol. The molecule has 4 heteroatoms. The first-order valence-electron chi connectivity index (χ1n) is 12.8. The Balaban J connectivity index is 1.57. The van der Waals surface area contributed by atoms with E-state index in [9.17, 15) is 15.2 Å². The number of allylic oxidation sites excluding steroid dienone is 2. The lowest BCUT2D eigenvalue weighted by Crippen LogP contribution is -2.52. The van der Waals surface area contributed by atoms with Gasteiger partial charge in [0.2, 0.25) is 0 Å². The first kappa shape index (κ1) is 23.0. The fourth-order valence-corrected chi connectivity index (χ4v) is 8.63. The van der Waals surface area contributed by atoms with E-state index in [1.165, 1.54) is 38.5 Å². The molecule has 4 aliphatic rings. The van der Waals surface area contributed by atoms with E-state index in [1.54, 1.807) is 6.08 Å². The molecule has 31 heavy (non-hydrogen) atoms. The van der Waals surface area contributed by atoms with Crippen LogP contribution in [-0.4, -0.2) is 16.1 Å². The quantitative estimate of drug-likeness (QED) is 0.288. The van der Waals surface area contributed by atoms with Crippen molar-refractivity contribution in [1.82, 2.24) is 0 Å². The SMILES string of the molecule is CC(C)CCC[C@@H](C)[C@H]1CC[C@H]2[C@@H]3CC=C4C[C@H](O)C=C([N+](=O)[O-])[C@]4(C)[C@H]3CC[C@]12C. The van der Waals surface area contributed by atoms with E-state index in [1.807, 2.05) is 0 Å². The van der Waals surface area contributed by atoms with Crippen LogP contribution in [0.3, 0.4) is 0 Å². The molecule has 0 bridgehead atoms. The molecule has 4 nitrogen and oxygen atoms in total. The molecular weight excluding hydrogens is 386 g/mol. The largest absolute Gasteiger partial charge is 0.388 e. The fraction of sp³-hybridized carbons (Fsp3) is 0.852. The summed E-state index contributed by atoms with van der Waals surface area (Å²) in [4.78, 5) is 11.8. The summed E-state index contributed by atoms with van der Waals surface area (Å²) in [5, 5.41) is 22.3. The van der Waals surface area contributed by atoms with Crippen molar-refractivity contribution in [3.05, 3.63) is 33.5 Å². The average molecular weight is 430 g/mol. The lowest BCUT2D eigenvalue weighted by molar-refractivity contribution is -0.443. The summed E-state index contributed by atoms with van der Waals surface area (Å²) >= 11 is 0. The van der Waals surface area contributed by atoms with E-state index in [4.69, 9.17) is 0 Å². The van der Waals surface area contributed by atoms with E-state index in [2.05, 4.69) is 40.7 Å². The molecule has 0 unspecified atom stereocenters. The molecule has 4 aliphatic carbocycles. The Labute approximate surface area is 188 Å². The lowest BCUT2D eigenvalue weighted by Gasteiger charge is -2.56. The van der Waals surface area contributed by atoms with Crippen molar-refractivity contribution in [3.63, 3.8) is 0 Å². The Hall–Kier alpha value is -1.16. The molecule has 0 heterocycles. The van der Waals surface area contributed by atoms with Gasteiger partial charge in [-0.15, -0.1) is 0 Å². The third kappa shape index (κ3) is 3.71. The summed E-state index contributed by atoms with van der Waals surface area (Å²) in [6.07, 6.45) is 13.6. The predicted octanol–water partition coefficient (Wildman–Crippen LogP) is 6.77. The molecule has 4 rings (SSSR count). The first-order valence-corrected chi connectivity index (χ1v) is 12.8. The van der Waals surface area contributed by atoms with Gasteiger partial charge in [-0.3, -0.25) is 10.1 Å². The number of nitro groups is 1. The van der Waals surface area contributed by atoms with Gasteiger partial charge in [0.05, 0.1) is 16.4 Å². The molecule has 0 saturated heterocycles. The zero-order valence-corrected chi connectivity index (χ0v) is 20.3. The van der Waals surface area contributed by atoms with Crippen LogP contribution in [0.15, 0.2) is 23.4 Å². The minimum atomic E-state index is -0.715. The number of aliphatic hydroxyl groups excluding tert-OH is 1. The van der Waals surface area contributed by atoms with Crippen LogP contribution in [0.1, 0.15) is 92.4 Å². The molecule has 8 atom stereocenters. The summed E-state index contributed by atoms with van der Waals surface area (Å²) in [6.45, 7) is 11.8. The second kappa shape index (κ2) is 8.32. The molecule has 174 valence electrons. The molecule has 0 amide bonds.